The Morgan fingerprint density at radius 1 is 0.857 bits per heavy atom. The number of carbonyl (C=O) groups is 2. The summed E-state index contributed by atoms with van der Waals surface area (Å²) >= 11 is 0. The van der Waals surface area contributed by atoms with Gasteiger partial charge in [0.1, 0.15) is 0 Å². The molecule has 3 aliphatic rings. The largest absolute Gasteiger partial charge is 0.369 e. The number of benzene rings is 1. The number of piperazine rings is 1. The monoisotopic (exact) mass is 384 g/mol. The van der Waals surface area contributed by atoms with Gasteiger partial charge < -0.3 is 20.0 Å². The molecule has 1 aromatic rings. The van der Waals surface area contributed by atoms with E-state index in [4.69, 9.17) is 0 Å². The number of rotatable bonds is 4. The number of amides is 2. The molecular weight excluding hydrogens is 352 g/mol. The lowest BCUT2D eigenvalue weighted by Gasteiger charge is -2.34. The van der Waals surface area contributed by atoms with E-state index in [-0.39, 0.29) is 23.7 Å². The van der Waals surface area contributed by atoms with Gasteiger partial charge in [0.25, 0.3) is 0 Å². The Balaban J connectivity index is 1.28. The number of hydrogen-bond acceptors (Lipinski definition) is 4. The molecule has 2 heterocycles. The fraction of sp³-hybridized carbons (Fsp3) is 0.636. The highest BCUT2D eigenvalue weighted by Gasteiger charge is 2.49. The van der Waals surface area contributed by atoms with Crippen LogP contribution in [0.25, 0.3) is 0 Å². The maximum atomic E-state index is 12.7. The number of nitrogens with one attached hydrogen (secondary N) is 1. The number of anilines is 2. The molecule has 1 aromatic carbocycles. The van der Waals surface area contributed by atoms with Crippen molar-refractivity contribution < 1.29 is 9.59 Å². The molecule has 152 valence electrons. The lowest BCUT2D eigenvalue weighted by molar-refractivity contribution is -0.134. The van der Waals surface area contributed by atoms with E-state index in [1.807, 2.05) is 17.0 Å². The van der Waals surface area contributed by atoms with Gasteiger partial charge in [-0.3, -0.25) is 9.59 Å². The van der Waals surface area contributed by atoms with Gasteiger partial charge in [-0.1, -0.05) is 12.8 Å². The maximum absolute atomic E-state index is 12.7. The fourth-order valence-electron chi connectivity index (χ4n) is 4.34. The third kappa shape index (κ3) is 4.49. The second-order valence-electron chi connectivity index (χ2n) is 8.51. The van der Waals surface area contributed by atoms with Crippen LogP contribution in [0, 0.1) is 11.8 Å². The molecule has 2 unspecified atom stereocenters. The molecule has 0 spiro atoms. The van der Waals surface area contributed by atoms with E-state index in [1.165, 1.54) is 18.5 Å². The first-order chi connectivity index (χ1) is 13.6. The minimum Gasteiger partial charge on any atom is -0.369 e. The smallest absolute Gasteiger partial charge is 0.228 e. The maximum Gasteiger partial charge on any atom is 0.228 e. The van der Waals surface area contributed by atoms with E-state index < -0.39 is 0 Å². The van der Waals surface area contributed by atoms with Crippen LogP contribution in [0.5, 0.6) is 0 Å². The quantitative estimate of drug-likeness (QED) is 0.866. The molecule has 1 saturated carbocycles. The van der Waals surface area contributed by atoms with Gasteiger partial charge in [0.2, 0.25) is 11.8 Å². The minimum absolute atomic E-state index is 0.0134. The molecule has 2 aliphatic heterocycles. The highest BCUT2D eigenvalue weighted by molar-refractivity contribution is 5.99. The predicted octanol–water partition coefficient (Wildman–Crippen LogP) is 2.42. The summed E-state index contributed by atoms with van der Waals surface area (Å²) in [7, 11) is 2.15. The van der Waals surface area contributed by atoms with E-state index in [0.29, 0.717) is 6.42 Å². The molecule has 1 N–H and O–H groups in total. The Hall–Kier alpha value is -2.08. The summed E-state index contributed by atoms with van der Waals surface area (Å²) in [4.78, 5) is 31.9. The standard InChI is InChI=1S/C22H32N4O2/c1-24-12-14-25(15-13-24)18-8-6-17(7-9-18)23-21(27)19-16-20(19)22(28)26-10-4-2-3-5-11-26/h6-9,19-20H,2-5,10-16H2,1H3,(H,23,27). The van der Waals surface area contributed by atoms with Crippen LogP contribution in [0.4, 0.5) is 11.4 Å². The molecule has 0 aromatic heterocycles. The lowest BCUT2D eigenvalue weighted by Crippen LogP contribution is -2.44. The van der Waals surface area contributed by atoms with Gasteiger partial charge in [0.15, 0.2) is 0 Å². The second-order valence-corrected chi connectivity index (χ2v) is 8.51. The van der Waals surface area contributed by atoms with Crippen molar-refractivity contribution in [1.29, 1.82) is 0 Å². The van der Waals surface area contributed by atoms with Gasteiger partial charge in [-0.2, -0.15) is 0 Å². The van der Waals surface area contributed by atoms with Gasteiger partial charge in [-0.05, 0) is 50.6 Å². The minimum atomic E-state index is -0.159. The predicted molar refractivity (Wildman–Crippen MR) is 111 cm³/mol. The van der Waals surface area contributed by atoms with Crippen molar-refractivity contribution in [3.8, 4) is 0 Å². The summed E-state index contributed by atoms with van der Waals surface area (Å²) < 4.78 is 0. The van der Waals surface area contributed by atoms with Crippen molar-refractivity contribution in [2.24, 2.45) is 11.8 Å². The van der Waals surface area contributed by atoms with Gasteiger partial charge >= 0.3 is 0 Å². The van der Waals surface area contributed by atoms with Gasteiger partial charge in [-0.25, -0.2) is 0 Å². The Kier molecular flexibility index (Phi) is 5.85. The molecule has 2 amide bonds. The average Bonchev–Trinajstić information content (AvgIpc) is 3.53. The summed E-state index contributed by atoms with van der Waals surface area (Å²) in [6.07, 6.45) is 5.30. The van der Waals surface area contributed by atoms with Crippen molar-refractivity contribution in [2.45, 2.75) is 32.1 Å². The van der Waals surface area contributed by atoms with Crippen molar-refractivity contribution in [3.63, 3.8) is 0 Å². The molecule has 2 atom stereocenters. The molecule has 0 bridgehead atoms. The van der Waals surface area contributed by atoms with Gasteiger partial charge in [0, 0.05) is 50.6 Å². The summed E-state index contributed by atoms with van der Waals surface area (Å²) in [6, 6.07) is 8.10. The molecule has 6 nitrogen and oxygen atoms in total. The number of hydrogen-bond donors (Lipinski definition) is 1. The molecular formula is C22H32N4O2. The molecule has 3 fully saturated rings. The van der Waals surface area contributed by atoms with Crippen molar-refractivity contribution in [3.05, 3.63) is 24.3 Å². The molecule has 2 saturated heterocycles. The third-order valence-electron chi connectivity index (χ3n) is 6.37. The van der Waals surface area contributed by atoms with Crippen LogP contribution < -0.4 is 10.2 Å². The Bertz CT molecular complexity index is 689. The average molecular weight is 385 g/mol. The fourth-order valence-corrected chi connectivity index (χ4v) is 4.34. The number of nitrogens with zero attached hydrogens (tertiary/aromatic N) is 3. The Morgan fingerprint density at radius 3 is 2.14 bits per heavy atom. The van der Waals surface area contributed by atoms with Gasteiger partial charge in [0.05, 0.1) is 11.8 Å². The van der Waals surface area contributed by atoms with Crippen LogP contribution in [-0.4, -0.2) is 67.9 Å². The highest BCUT2D eigenvalue weighted by Crippen LogP contribution is 2.41. The van der Waals surface area contributed by atoms with Crippen LogP contribution in [0.3, 0.4) is 0 Å². The Labute approximate surface area is 167 Å². The first-order valence-electron chi connectivity index (χ1n) is 10.7. The first-order valence-corrected chi connectivity index (χ1v) is 10.7. The van der Waals surface area contributed by atoms with E-state index >= 15 is 0 Å². The van der Waals surface area contributed by atoms with E-state index in [0.717, 1.165) is 57.8 Å². The molecule has 6 heteroatoms. The number of likely N-dealkylation sites (tertiary alicyclic amines) is 1. The third-order valence-corrected chi connectivity index (χ3v) is 6.37. The SMILES string of the molecule is CN1CCN(c2ccc(NC(=O)C3CC3C(=O)N3CCCCCC3)cc2)CC1. The molecule has 4 rings (SSSR count). The summed E-state index contributed by atoms with van der Waals surface area (Å²) in [6.45, 7) is 5.93. The zero-order valence-electron chi connectivity index (χ0n) is 16.9. The zero-order valence-corrected chi connectivity index (χ0v) is 16.9. The highest BCUT2D eigenvalue weighted by atomic mass is 16.2. The number of likely N-dealkylation sites (N-methyl/N-ethyl adjacent to an activating group) is 1. The zero-order chi connectivity index (χ0) is 19.5. The van der Waals surface area contributed by atoms with E-state index in [2.05, 4.69) is 34.3 Å². The summed E-state index contributed by atoms with van der Waals surface area (Å²) in [5.74, 6) is -0.0937. The van der Waals surface area contributed by atoms with Crippen LogP contribution in [0.15, 0.2) is 24.3 Å². The second kappa shape index (κ2) is 8.52. The van der Waals surface area contributed by atoms with E-state index in [9.17, 15) is 9.59 Å². The van der Waals surface area contributed by atoms with Crippen molar-refractivity contribution >= 4 is 23.2 Å². The lowest BCUT2D eigenvalue weighted by atomic mass is 10.2. The topological polar surface area (TPSA) is 55.9 Å². The molecule has 1 aliphatic carbocycles. The van der Waals surface area contributed by atoms with Crippen molar-refractivity contribution in [2.75, 3.05) is 56.5 Å². The normalized spacial score (nSPS) is 25.9. The number of carbonyl (C=O) groups excluding carboxylic acids is 2. The van der Waals surface area contributed by atoms with E-state index in [1.54, 1.807) is 0 Å². The van der Waals surface area contributed by atoms with Crippen LogP contribution in [0.1, 0.15) is 32.1 Å². The van der Waals surface area contributed by atoms with Crippen LogP contribution in [0.2, 0.25) is 0 Å². The Morgan fingerprint density at radius 2 is 1.50 bits per heavy atom. The first kappa shape index (κ1) is 19.2. The van der Waals surface area contributed by atoms with Crippen LogP contribution in [-0.2, 0) is 9.59 Å². The summed E-state index contributed by atoms with van der Waals surface area (Å²) in [5.41, 5.74) is 2.02. The molecule has 0 radical (unpaired) electrons. The van der Waals surface area contributed by atoms with Crippen LogP contribution >= 0.6 is 0 Å². The van der Waals surface area contributed by atoms with Crippen molar-refractivity contribution in [1.82, 2.24) is 9.80 Å². The molecule has 28 heavy (non-hydrogen) atoms. The van der Waals surface area contributed by atoms with Gasteiger partial charge in [-0.15, -0.1) is 0 Å². The summed E-state index contributed by atoms with van der Waals surface area (Å²) in [5, 5.41) is 3.00.